The minimum atomic E-state index is -2.89. The van der Waals surface area contributed by atoms with Crippen LogP contribution in [0.3, 0.4) is 0 Å². The highest BCUT2D eigenvalue weighted by atomic mass is 79.9. The van der Waals surface area contributed by atoms with Gasteiger partial charge in [0.2, 0.25) is 0 Å². The lowest BCUT2D eigenvalue weighted by atomic mass is 10.2. The first-order valence-electron chi connectivity index (χ1n) is 5.89. The van der Waals surface area contributed by atoms with E-state index in [2.05, 4.69) is 41.8 Å². The van der Waals surface area contributed by atoms with E-state index < -0.39 is 29.0 Å². The van der Waals surface area contributed by atoms with Gasteiger partial charge in [-0.25, -0.2) is 17.6 Å². The van der Waals surface area contributed by atoms with E-state index in [0.29, 0.717) is 0 Å². The van der Waals surface area contributed by atoms with Gasteiger partial charge in [0.15, 0.2) is 0 Å². The SMILES string of the molecule is Nc1cncc(Br)c1C(F)F.O=[N+]([O-])c1cncc(Br)c1C(F)F. The second-order valence-corrected chi connectivity index (χ2v) is 5.75. The van der Waals surface area contributed by atoms with Crippen molar-refractivity contribution in [2.45, 2.75) is 12.9 Å². The number of nitrogens with zero attached hydrogens (tertiary/aromatic N) is 3. The molecule has 24 heavy (non-hydrogen) atoms. The van der Waals surface area contributed by atoms with Crippen LogP contribution >= 0.6 is 31.9 Å². The van der Waals surface area contributed by atoms with E-state index >= 15 is 0 Å². The minimum Gasteiger partial charge on any atom is -0.397 e. The maximum atomic E-state index is 12.3. The van der Waals surface area contributed by atoms with Crippen LogP contribution < -0.4 is 5.73 Å². The zero-order chi connectivity index (χ0) is 18.4. The fraction of sp³-hybridized carbons (Fsp3) is 0.167. The number of rotatable bonds is 3. The Bertz CT molecular complexity index is 714. The molecular weight excluding hydrogens is 468 g/mol. The fourth-order valence-corrected chi connectivity index (χ4v) is 2.50. The quantitative estimate of drug-likeness (QED) is 0.380. The van der Waals surface area contributed by atoms with Gasteiger partial charge in [-0.05, 0) is 31.9 Å². The van der Waals surface area contributed by atoms with Gasteiger partial charge in [0.05, 0.1) is 26.8 Å². The van der Waals surface area contributed by atoms with E-state index in [1.165, 1.54) is 12.4 Å². The molecule has 0 saturated heterocycles. The molecule has 2 N–H and O–H groups in total. The first kappa shape index (κ1) is 20.2. The molecule has 6 nitrogen and oxygen atoms in total. The number of nitro groups is 1. The van der Waals surface area contributed by atoms with Crippen LogP contribution in [0.15, 0.2) is 33.7 Å². The Morgan fingerprint density at radius 3 is 1.75 bits per heavy atom. The summed E-state index contributed by atoms with van der Waals surface area (Å²) < 4.78 is 49.1. The number of hydrogen-bond donors (Lipinski definition) is 1. The lowest BCUT2D eigenvalue weighted by molar-refractivity contribution is -0.386. The highest BCUT2D eigenvalue weighted by Gasteiger charge is 2.24. The molecule has 0 fully saturated rings. The molecule has 130 valence electrons. The summed E-state index contributed by atoms with van der Waals surface area (Å²) in [6, 6.07) is 0. The van der Waals surface area contributed by atoms with Crippen molar-refractivity contribution in [2.75, 3.05) is 5.73 Å². The summed E-state index contributed by atoms with van der Waals surface area (Å²) in [5.41, 5.74) is 3.75. The highest BCUT2D eigenvalue weighted by Crippen LogP contribution is 2.34. The molecule has 0 aliphatic carbocycles. The maximum absolute atomic E-state index is 12.3. The first-order chi connectivity index (χ1) is 11.2. The summed E-state index contributed by atoms with van der Waals surface area (Å²) in [5, 5.41) is 10.3. The van der Waals surface area contributed by atoms with Gasteiger partial charge in [-0.2, -0.15) is 0 Å². The third-order valence-corrected chi connectivity index (χ3v) is 3.78. The summed E-state index contributed by atoms with van der Waals surface area (Å²) in [5.74, 6) is 0. The van der Waals surface area contributed by atoms with Crippen LogP contribution in [0.4, 0.5) is 28.9 Å². The fourth-order valence-electron chi connectivity index (χ4n) is 1.49. The molecule has 0 atom stereocenters. The number of nitrogen functional groups attached to an aromatic ring is 1. The Morgan fingerprint density at radius 1 is 0.958 bits per heavy atom. The Labute approximate surface area is 149 Å². The molecule has 2 aromatic rings. The number of halogens is 6. The number of hydrogen-bond acceptors (Lipinski definition) is 5. The zero-order valence-corrected chi connectivity index (χ0v) is 14.6. The lowest BCUT2D eigenvalue weighted by Gasteiger charge is -2.04. The van der Waals surface area contributed by atoms with Crippen molar-refractivity contribution in [3.8, 4) is 0 Å². The molecule has 0 aliphatic rings. The molecule has 0 unspecified atom stereocenters. The molecule has 2 rings (SSSR count). The van der Waals surface area contributed by atoms with Crippen LogP contribution in [0.25, 0.3) is 0 Å². The number of pyridine rings is 2. The molecule has 0 bridgehead atoms. The average Bonchev–Trinajstić information content (AvgIpc) is 2.46. The normalized spacial score (nSPS) is 10.5. The van der Waals surface area contributed by atoms with Gasteiger partial charge < -0.3 is 5.73 Å². The van der Waals surface area contributed by atoms with Crippen molar-refractivity contribution in [3.63, 3.8) is 0 Å². The molecule has 0 aliphatic heterocycles. The molecule has 0 radical (unpaired) electrons. The maximum Gasteiger partial charge on any atom is 0.297 e. The molecule has 12 heteroatoms. The standard InChI is InChI=1S/C6H3BrF2N2O2.C6H5BrF2N2/c7-3-1-10-2-4(11(12)13)5(3)6(8)9;7-3-1-11-2-4(10)5(3)6(8)9/h1-2,6H;1-2,6H,10H2. The molecule has 0 aromatic carbocycles. The van der Waals surface area contributed by atoms with Crippen molar-refractivity contribution in [2.24, 2.45) is 0 Å². The molecule has 0 spiro atoms. The number of aromatic nitrogens is 2. The average molecular weight is 476 g/mol. The van der Waals surface area contributed by atoms with Gasteiger partial charge >= 0.3 is 0 Å². The van der Waals surface area contributed by atoms with Crippen LogP contribution in [0.1, 0.15) is 24.0 Å². The topological polar surface area (TPSA) is 94.9 Å². The van der Waals surface area contributed by atoms with Crippen LogP contribution in [0, 0.1) is 10.1 Å². The molecule has 0 saturated carbocycles. The van der Waals surface area contributed by atoms with E-state index in [1.807, 2.05) is 0 Å². The van der Waals surface area contributed by atoms with Gasteiger partial charge in [0.1, 0.15) is 11.8 Å². The van der Waals surface area contributed by atoms with E-state index in [4.69, 9.17) is 5.73 Å². The van der Waals surface area contributed by atoms with Gasteiger partial charge in [0, 0.05) is 16.9 Å². The molecular formula is C12H8Br2F4N4O2. The van der Waals surface area contributed by atoms with Crippen LogP contribution in [-0.4, -0.2) is 14.9 Å². The Morgan fingerprint density at radius 2 is 1.42 bits per heavy atom. The van der Waals surface area contributed by atoms with Crippen molar-refractivity contribution < 1.29 is 22.5 Å². The summed E-state index contributed by atoms with van der Waals surface area (Å²) in [7, 11) is 0. The van der Waals surface area contributed by atoms with Gasteiger partial charge in [-0.1, -0.05) is 0 Å². The van der Waals surface area contributed by atoms with Crippen molar-refractivity contribution >= 4 is 43.2 Å². The summed E-state index contributed by atoms with van der Waals surface area (Å²) in [6.07, 6.45) is -1.07. The summed E-state index contributed by atoms with van der Waals surface area (Å²) in [6.45, 7) is 0. The highest BCUT2D eigenvalue weighted by molar-refractivity contribution is 9.10. The van der Waals surface area contributed by atoms with Crippen LogP contribution in [0.5, 0.6) is 0 Å². The van der Waals surface area contributed by atoms with Crippen LogP contribution in [-0.2, 0) is 0 Å². The third-order valence-electron chi connectivity index (χ3n) is 2.52. The predicted octanol–water partition coefficient (Wildman–Crippen LogP) is 5.05. The summed E-state index contributed by atoms with van der Waals surface area (Å²) in [4.78, 5) is 16.4. The monoisotopic (exact) mass is 474 g/mol. The zero-order valence-electron chi connectivity index (χ0n) is 11.5. The molecule has 2 aromatic heterocycles. The second kappa shape index (κ2) is 8.87. The van der Waals surface area contributed by atoms with E-state index in [1.54, 1.807) is 0 Å². The van der Waals surface area contributed by atoms with E-state index in [-0.39, 0.29) is 20.2 Å². The van der Waals surface area contributed by atoms with Gasteiger partial charge in [-0.15, -0.1) is 0 Å². The molecule has 0 amide bonds. The van der Waals surface area contributed by atoms with E-state index in [0.717, 1.165) is 12.4 Å². The van der Waals surface area contributed by atoms with Gasteiger partial charge in [-0.3, -0.25) is 20.1 Å². The van der Waals surface area contributed by atoms with Gasteiger partial charge in [0.25, 0.3) is 18.5 Å². The lowest BCUT2D eigenvalue weighted by Crippen LogP contribution is -1.97. The first-order valence-corrected chi connectivity index (χ1v) is 7.48. The van der Waals surface area contributed by atoms with Crippen LogP contribution in [0.2, 0.25) is 0 Å². The number of nitrogens with two attached hydrogens (primary N) is 1. The smallest absolute Gasteiger partial charge is 0.297 e. The minimum absolute atomic E-state index is 0.00868. The van der Waals surface area contributed by atoms with Crippen molar-refractivity contribution in [3.05, 3.63) is 55.0 Å². The van der Waals surface area contributed by atoms with E-state index in [9.17, 15) is 27.7 Å². The predicted molar refractivity (Wildman–Crippen MR) is 84.9 cm³/mol. The number of anilines is 1. The Balaban J connectivity index is 0.000000243. The van der Waals surface area contributed by atoms with Crippen molar-refractivity contribution in [1.82, 2.24) is 9.97 Å². The largest absolute Gasteiger partial charge is 0.397 e. The summed E-state index contributed by atoms with van der Waals surface area (Å²) >= 11 is 5.69. The Hall–Kier alpha value is -1.82. The molecule has 2 heterocycles. The second-order valence-electron chi connectivity index (χ2n) is 4.04. The van der Waals surface area contributed by atoms with Crippen molar-refractivity contribution in [1.29, 1.82) is 0 Å². The number of alkyl halides is 4. The Kier molecular flexibility index (Phi) is 7.48. The third kappa shape index (κ3) is 5.09.